The van der Waals surface area contributed by atoms with E-state index in [1.165, 1.54) is 0 Å². The number of urea groups is 1. The van der Waals surface area contributed by atoms with Crippen LogP contribution >= 0.6 is 11.6 Å². The molecule has 29 heavy (non-hydrogen) atoms. The number of nitrogens with zero attached hydrogens (tertiary/aromatic N) is 2. The van der Waals surface area contributed by atoms with Crippen molar-refractivity contribution in [1.82, 2.24) is 9.47 Å². The van der Waals surface area contributed by atoms with E-state index in [0.717, 1.165) is 17.8 Å². The molecule has 7 heteroatoms. The molecule has 4 rings (SSSR count). The van der Waals surface area contributed by atoms with Crippen LogP contribution in [0.5, 0.6) is 11.5 Å². The molecule has 0 spiro atoms. The summed E-state index contributed by atoms with van der Waals surface area (Å²) in [6, 6.07) is 16.3. The molecule has 1 N–H and O–H groups in total. The minimum atomic E-state index is -0.293. The molecule has 2 aromatic carbocycles. The van der Waals surface area contributed by atoms with Gasteiger partial charge in [-0.3, -0.25) is 0 Å². The average molecular weight is 412 g/mol. The predicted octanol–water partition coefficient (Wildman–Crippen LogP) is 4.80. The number of ether oxygens (including phenoxy) is 2. The largest absolute Gasteiger partial charge is 0.497 e. The Morgan fingerprint density at radius 2 is 1.93 bits per heavy atom. The number of rotatable bonds is 4. The van der Waals surface area contributed by atoms with Gasteiger partial charge in [-0.05, 0) is 42.5 Å². The monoisotopic (exact) mass is 411 g/mol. The third kappa shape index (κ3) is 3.76. The second kappa shape index (κ2) is 8.09. The smallest absolute Gasteiger partial charge is 0.322 e. The van der Waals surface area contributed by atoms with Gasteiger partial charge in [0.25, 0.3) is 0 Å². The van der Waals surface area contributed by atoms with Crippen molar-refractivity contribution in [1.29, 1.82) is 0 Å². The molecule has 1 aliphatic rings. The van der Waals surface area contributed by atoms with E-state index in [0.29, 0.717) is 28.8 Å². The van der Waals surface area contributed by atoms with Crippen molar-refractivity contribution in [3.8, 4) is 11.5 Å². The van der Waals surface area contributed by atoms with Crippen LogP contribution in [-0.4, -0.2) is 36.3 Å². The molecule has 0 saturated carbocycles. The predicted molar refractivity (Wildman–Crippen MR) is 113 cm³/mol. The van der Waals surface area contributed by atoms with Crippen molar-refractivity contribution in [3.05, 3.63) is 77.1 Å². The van der Waals surface area contributed by atoms with Gasteiger partial charge in [-0.2, -0.15) is 0 Å². The number of anilines is 1. The summed E-state index contributed by atoms with van der Waals surface area (Å²) in [6.45, 7) is 1.29. The van der Waals surface area contributed by atoms with Gasteiger partial charge in [-0.25, -0.2) is 4.79 Å². The van der Waals surface area contributed by atoms with Gasteiger partial charge in [0, 0.05) is 47.3 Å². The van der Waals surface area contributed by atoms with Crippen molar-refractivity contribution in [3.63, 3.8) is 0 Å². The molecule has 0 radical (unpaired) electrons. The highest BCUT2D eigenvalue weighted by Gasteiger charge is 2.34. The van der Waals surface area contributed by atoms with Crippen LogP contribution in [0.1, 0.15) is 17.3 Å². The van der Waals surface area contributed by atoms with E-state index in [-0.39, 0.29) is 12.1 Å². The van der Waals surface area contributed by atoms with Crippen molar-refractivity contribution < 1.29 is 14.3 Å². The van der Waals surface area contributed by atoms with Gasteiger partial charge in [-0.15, -0.1) is 0 Å². The zero-order valence-corrected chi connectivity index (χ0v) is 17.0. The number of methoxy groups -OCH3 is 2. The Morgan fingerprint density at radius 1 is 1.07 bits per heavy atom. The number of fused-ring (bicyclic) bond motifs is 1. The van der Waals surface area contributed by atoms with Gasteiger partial charge in [0.15, 0.2) is 0 Å². The average Bonchev–Trinajstić information content (AvgIpc) is 3.21. The number of amides is 2. The number of carbonyl (C=O) groups excluding carboxylic acids is 1. The minimum Gasteiger partial charge on any atom is -0.497 e. The highest BCUT2D eigenvalue weighted by Crippen LogP contribution is 2.39. The van der Waals surface area contributed by atoms with Gasteiger partial charge in [0.1, 0.15) is 17.5 Å². The zero-order valence-electron chi connectivity index (χ0n) is 16.3. The molecule has 0 aliphatic carbocycles. The lowest BCUT2D eigenvalue weighted by Gasteiger charge is -2.37. The zero-order chi connectivity index (χ0) is 20.4. The van der Waals surface area contributed by atoms with Crippen LogP contribution in [0.25, 0.3) is 0 Å². The molecule has 6 nitrogen and oxygen atoms in total. The van der Waals surface area contributed by atoms with Crippen molar-refractivity contribution >= 4 is 23.3 Å². The first kappa shape index (κ1) is 19.2. The van der Waals surface area contributed by atoms with E-state index in [9.17, 15) is 4.79 Å². The quantitative estimate of drug-likeness (QED) is 0.671. The first-order valence-electron chi connectivity index (χ1n) is 9.31. The van der Waals surface area contributed by atoms with Crippen LogP contribution < -0.4 is 14.8 Å². The molecule has 1 aromatic heterocycles. The molecule has 1 unspecified atom stereocenters. The summed E-state index contributed by atoms with van der Waals surface area (Å²) >= 11 is 6.06. The molecular weight excluding hydrogens is 390 g/mol. The second-order valence-electron chi connectivity index (χ2n) is 6.77. The maximum Gasteiger partial charge on any atom is 0.322 e. The molecule has 2 amide bonds. The Morgan fingerprint density at radius 3 is 2.69 bits per heavy atom. The number of nitrogens with one attached hydrogen (secondary N) is 1. The Bertz CT molecular complexity index is 1030. The highest BCUT2D eigenvalue weighted by molar-refractivity contribution is 6.30. The van der Waals surface area contributed by atoms with E-state index in [2.05, 4.69) is 9.88 Å². The SMILES string of the molecule is COc1ccc(C2c3cccn3CCN2C(=O)Nc2cccc(Cl)c2)c(OC)c1. The van der Waals surface area contributed by atoms with Gasteiger partial charge in [0.05, 0.1) is 14.2 Å². The van der Waals surface area contributed by atoms with Gasteiger partial charge in [0.2, 0.25) is 0 Å². The van der Waals surface area contributed by atoms with Gasteiger partial charge in [-0.1, -0.05) is 17.7 Å². The van der Waals surface area contributed by atoms with Crippen LogP contribution in [0.15, 0.2) is 60.8 Å². The molecule has 0 fully saturated rings. The summed E-state index contributed by atoms with van der Waals surface area (Å²) in [7, 11) is 3.24. The van der Waals surface area contributed by atoms with Gasteiger partial charge >= 0.3 is 6.03 Å². The van der Waals surface area contributed by atoms with Crippen molar-refractivity contribution in [2.75, 3.05) is 26.1 Å². The number of aromatic nitrogens is 1. The van der Waals surface area contributed by atoms with E-state index in [1.807, 2.05) is 53.6 Å². The van der Waals surface area contributed by atoms with E-state index in [1.54, 1.807) is 26.4 Å². The molecule has 150 valence electrons. The molecule has 2 heterocycles. The fourth-order valence-corrected chi connectivity index (χ4v) is 3.93. The summed E-state index contributed by atoms with van der Waals surface area (Å²) in [6.07, 6.45) is 2.03. The Labute approximate surface area is 174 Å². The van der Waals surface area contributed by atoms with Crippen molar-refractivity contribution in [2.24, 2.45) is 0 Å². The fraction of sp³-hybridized carbons (Fsp3) is 0.227. The maximum absolute atomic E-state index is 13.2. The number of hydrogen-bond donors (Lipinski definition) is 1. The van der Waals surface area contributed by atoms with Crippen LogP contribution in [0.4, 0.5) is 10.5 Å². The summed E-state index contributed by atoms with van der Waals surface area (Å²) in [4.78, 5) is 15.0. The lowest BCUT2D eigenvalue weighted by molar-refractivity contribution is 0.180. The third-order valence-corrected chi connectivity index (χ3v) is 5.35. The summed E-state index contributed by atoms with van der Waals surface area (Å²) in [5, 5.41) is 3.54. The van der Waals surface area contributed by atoms with E-state index >= 15 is 0 Å². The van der Waals surface area contributed by atoms with Gasteiger partial charge < -0.3 is 24.3 Å². The first-order valence-corrected chi connectivity index (χ1v) is 9.68. The number of halogens is 1. The Kier molecular flexibility index (Phi) is 5.36. The number of hydrogen-bond acceptors (Lipinski definition) is 3. The summed E-state index contributed by atoms with van der Waals surface area (Å²) in [5.41, 5.74) is 2.58. The number of carbonyl (C=O) groups is 1. The van der Waals surface area contributed by atoms with Crippen LogP contribution in [0.2, 0.25) is 5.02 Å². The molecule has 3 aromatic rings. The molecule has 0 saturated heterocycles. The third-order valence-electron chi connectivity index (χ3n) is 5.11. The molecule has 0 bridgehead atoms. The standard InChI is InChI=1S/C22H22ClN3O3/c1-28-17-8-9-18(20(14-17)29-2)21-19-7-4-10-25(19)11-12-26(21)22(27)24-16-6-3-5-15(23)13-16/h3-10,13-14,21H,11-12H2,1-2H3,(H,24,27). The van der Waals surface area contributed by atoms with Crippen molar-refractivity contribution in [2.45, 2.75) is 12.6 Å². The molecule has 1 aliphatic heterocycles. The summed E-state index contributed by atoms with van der Waals surface area (Å²) in [5.74, 6) is 1.37. The normalized spacial score (nSPS) is 15.6. The highest BCUT2D eigenvalue weighted by atomic mass is 35.5. The maximum atomic E-state index is 13.2. The molecular formula is C22H22ClN3O3. The van der Waals surface area contributed by atoms with Crippen LogP contribution in [0.3, 0.4) is 0 Å². The van der Waals surface area contributed by atoms with E-state index in [4.69, 9.17) is 21.1 Å². The first-order chi connectivity index (χ1) is 14.1. The molecule has 1 atom stereocenters. The fourth-order valence-electron chi connectivity index (χ4n) is 3.74. The Balaban J connectivity index is 1.73. The lowest BCUT2D eigenvalue weighted by atomic mass is 9.99. The Hall–Kier alpha value is -3.12. The number of benzene rings is 2. The minimum absolute atomic E-state index is 0.192. The van der Waals surface area contributed by atoms with E-state index < -0.39 is 0 Å². The topological polar surface area (TPSA) is 55.7 Å². The van der Waals surface area contributed by atoms with Crippen LogP contribution in [0, 0.1) is 0 Å². The van der Waals surface area contributed by atoms with Crippen LogP contribution in [-0.2, 0) is 6.54 Å². The summed E-state index contributed by atoms with van der Waals surface area (Å²) < 4.78 is 13.1. The lowest BCUT2D eigenvalue weighted by Crippen LogP contribution is -2.44. The second-order valence-corrected chi connectivity index (χ2v) is 7.21.